The molecule has 1 unspecified atom stereocenters. The monoisotopic (exact) mass is 271 g/mol. The van der Waals surface area contributed by atoms with Gasteiger partial charge in [-0.3, -0.25) is 4.79 Å². The van der Waals surface area contributed by atoms with Crippen molar-refractivity contribution in [3.05, 3.63) is 5.51 Å². The Balaban J connectivity index is 2.38. The molecular formula is C12H21N3O2S. The van der Waals surface area contributed by atoms with Gasteiger partial charge in [-0.05, 0) is 24.2 Å². The van der Waals surface area contributed by atoms with Crippen LogP contribution in [0.2, 0.25) is 0 Å². The van der Waals surface area contributed by atoms with Gasteiger partial charge < -0.3 is 10.4 Å². The highest BCUT2D eigenvalue weighted by atomic mass is 32.1. The zero-order valence-corrected chi connectivity index (χ0v) is 12.0. The fourth-order valence-electron chi connectivity index (χ4n) is 1.91. The molecule has 0 saturated heterocycles. The number of carboxylic acids is 1. The third-order valence-corrected chi connectivity index (χ3v) is 3.71. The molecule has 0 bridgehead atoms. The average molecular weight is 271 g/mol. The highest BCUT2D eigenvalue weighted by molar-refractivity contribution is 7.13. The Hall–Kier alpha value is -1.17. The van der Waals surface area contributed by atoms with Crippen LogP contribution in [0.1, 0.15) is 40.0 Å². The molecule has 0 amide bonds. The predicted octanol–water partition coefficient (Wildman–Crippen LogP) is 2.87. The summed E-state index contributed by atoms with van der Waals surface area (Å²) >= 11 is 1.47. The molecule has 1 atom stereocenters. The first-order valence-corrected chi connectivity index (χ1v) is 6.99. The minimum atomic E-state index is -0.721. The van der Waals surface area contributed by atoms with Crippen molar-refractivity contribution in [2.45, 2.75) is 40.0 Å². The van der Waals surface area contributed by atoms with Crippen LogP contribution in [0.3, 0.4) is 0 Å². The highest BCUT2D eigenvalue weighted by Crippen LogP contribution is 2.32. The van der Waals surface area contributed by atoms with Crippen molar-refractivity contribution in [3.63, 3.8) is 0 Å². The number of carboxylic acid groups (broad SMARTS) is 1. The summed E-state index contributed by atoms with van der Waals surface area (Å²) in [4.78, 5) is 10.7. The molecule has 6 heteroatoms. The minimum absolute atomic E-state index is 0.123. The SMILES string of the molecule is CC(C)(C)C(CCNc1nncs1)CCC(=O)O. The van der Waals surface area contributed by atoms with E-state index in [0.29, 0.717) is 5.92 Å². The summed E-state index contributed by atoms with van der Waals surface area (Å²) in [6, 6.07) is 0. The van der Waals surface area contributed by atoms with Crippen LogP contribution in [0.4, 0.5) is 5.13 Å². The summed E-state index contributed by atoms with van der Waals surface area (Å²) in [6.45, 7) is 7.27. The number of nitrogens with zero attached hydrogens (tertiary/aromatic N) is 2. The lowest BCUT2D eigenvalue weighted by molar-refractivity contribution is -0.137. The molecule has 1 aromatic heterocycles. The normalized spacial score (nSPS) is 13.3. The zero-order valence-electron chi connectivity index (χ0n) is 11.1. The van der Waals surface area contributed by atoms with E-state index in [1.54, 1.807) is 5.51 Å². The van der Waals surface area contributed by atoms with E-state index in [4.69, 9.17) is 5.11 Å². The lowest BCUT2D eigenvalue weighted by Crippen LogP contribution is -2.24. The number of rotatable bonds is 7. The van der Waals surface area contributed by atoms with Crippen LogP contribution in [0.5, 0.6) is 0 Å². The second kappa shape index (κ2) is 6.68. The highest BCUT2D eigenvalue weighted by Gasteiger charge is 2.24. The fourth-order valence-corrected chi connectivity index (χ4v) is 2.39. The molecule has 0 aliphatic heterocycles. The van der Waals surface area contributed by atoms with Gasteiger partial charge in [-0.1, -0.05) is 32.1 Å². The Labute approximate surface area is 112 Å². The van der Waals surface area contributed by atoms with Gasteiger partial charge in [0, 0.05) is 13.0 Å². The van der Waals surface area contributed by atoms with Crippen LogP contribution in [-0.2, 0) is 4.79 Å². The van der Waals surface area contributed by atoms with Crippen molar-refractivity contribution in [1.82, 2.24) is 10.2 Å². The second-order valence-electron chi connectivity index (χ2n) is 5.45. The van der Waals surface area contributed by atoms with Gasteiger partial charge in [-0.2, -0.15) is 0 Å². The topological polar surface area (TPSA) is 75.1 Å². The van der Waals surface area contributed by atoms with Crippen molar-refractivity contribution >= 4 is 22.4 Å². The van der Waals surface area contributed by atoms with E-state index in [1.807, 2.05) is 0 Å². The van der Waals surface area contributed by atoms with Crippen LogP contribution >= 0.6 is 11.3 Å². The molecule has 0 aliphatic carbocycles. The molecule has 0 aromatic carbocycles. The maximum Gasteiger partial charge on any atom is 0.303 e. The van der Waals surface area contributed by atoms with Crippen LogP contribution in [0, 0.1) is 11.3 Å². The number of hydrogen-bond donors (Lipinski definition) is 2. The molecule has 0 aliphatic rings. The molecule has 5 nitrogen and oxygen atoms in total. The first-order valence-electron chi connectivity index (χ1n) is 6.11. The van der Waals surface area contributed by atoms with Gasteiger partial charge in [0.15, 0.2) is 0 Å². The molecule has 18 heavy (non-hydrogen) atoms. The van der Waals surface area contributed by atoms with Crippen molar-refractivity contribution < 1.29 is 9.90 Å². The van der Waals surface area contributed by atoms with Gasteiger partial charge in [-0.15, -0.1) is 10.2 Å². The summed E-state index contributed by atoms with van der Waals surface area (Å²) in [5.74, 6) is -0.338. The van der Waals surface area contributed by atoms with Crippen LogP contribution < -0.4 is 5.32 Å². The van der Waals surface area contributed by atoms with E-state index >= 15 is 0 Å². The Bertz CT molecular complexity index is 360. The Morgan fingerprint density at radius 3 is 2.72 bits per heavy atom. The zero-order chi connectivity index (χ0) is 13.6. The molecule has 102 valence electrons. The largest absolute Gasteiger partial charge is 0.481 e. The van der Waals surface area contributed by atoms with Gasteiger partial charge in [0.2, 0.25) is 5.13 Å². The van der Waals surface area contributed by atoms with Crippen molar-refractivity contribution in [3.8, 4) is 0 Å². The minimum Gasteiger partial charge on any atom is -0.481 e. The molecule has 0 saturated carbocycles. The number of nitrogens with one attached hydrogen (secondary N) is 1. The molecule has 0 spiro atoms. The Morgan fingerprint density at radius 2 is 2.22 bits per heavy atom. The molecule has 1 heterocycles. The number of aromatic nitrogens is 2. The molecule has 1 aromatic rings. The quantitative estimate of drug-likeness (QED) is 0.797. The first kappa shape index (κ1) is 14.9. The third kappa shape index (κ3) is 5.44. The van der Waals surface area contributed by atoms with E-state index in [0.717, 1.165) is 24.5 Å². The number of hydrogen-bond acceptors (Lipinski definition) is 5. The third-order valence-electron chi connectivity index (χ3n) is 3.06. The van der Waals surface area contributed by atoms with Crippen molar-refractivity contribution in [1.29, 1.82) is 0 Å². The van der Waals surface area contributed by atoms with Gasteiger partial charge in [0.05, 0.1) is 0 Å². The predicted molar refractivity (Wildman–Crippen MR) is 72.8 cm³/mol. The lowest BCUT2D eigenvalue weighted by atomic mass is 9.76. The molecule has 0 radical (unpaired) electrons. The van der Waals surface area contributed by atoms with Crippen molar-refractivity contribution in [2.75, 3.05) is 11.9 Å². The van der Waals surface area contributed by atoms with Gasteiger partial charge in [0.1, 0.15) is 5.51 Å². The smallest absolute Gasteiger partial charge is 0.303 e. The molecule has 0 fully saturated rings. The van der Waals surface area contributed by atoms with Crippen molar-refractivity contribution in [2.24, 2.45) is 11.3 Å². The summed E-state index contributed by atoms with van der Waals surface area (Å²) in [5.41, 5.74) is 1.81. The van der Waals surface area contributed by atoms with Crippen LogP contribution in [-0.4, -0.2) is 27.8 Å². The standard InChI is InChI=1S/C12H21N3O2S/c1-12(2,3)9(4-5-10(16)17)6-7-13-11-15-14-8-18-11/h8-9H,4-7H2,1-3H3,(H,13,15)(H,16,17). The van der Waals surface area contributed by atoms with E-state index in [9.17, 15) is 4.79 Å². The summed E-state index contributed by atoms with van der Waals surface area (Å²) in [5, 5.41) is 20.5. The number of carbonyl (C=O) groups is 1. The fraction of sp³-hybridized carbons (Fsp3) is 0.750. The van der Waals surface area contributed by atoms with E-state index in [1.165, 1.54) is 11.3 Å². The second-order valence-corrected chi connectivity index (χ2v) is 6.29. The summed E-state index contributed by atoms with van der Waals surface area (Å²) in [7, 11) is 0. The Morgan fingerprint density at radius 1 is 1.50 bits per heavy atom. The molecule has 1 rings (SSSR count). The van der Waals surface area contributed by atoms with E-state index in [-0.39, 0.29) is 11.8 Å². The average Bonchev–Trinajstić information content (AvgIpc) is 2.73. The number of aliphatic carboxylic acids is 1. The van der Waals surface area contributed by atoms with E-state index < -0.39 is 5.97 Å². The van der Waals surface area contributed by atoms with Gasteiger partial charge in [-0.25, -0.2) is 0 Å². The Kier molecular flexibility index (Phi) is 5.53. The van der Waals surface area contributed by atoms with Gasteiger partial charge >= 0.3 is 5.97 Å². The maximum absolute atomic E-state index is 10.7. The van der Waals surface area contributed by atoms with Gasteiger partial charge in [0.25, 0.3) is 0 Å². The van der Waals surface area contributed by atoms with Crippen LogP contribution in [0.15, 0.2) is 5.51 Å². The maximum atomic E-state index is 10.7. The van der Waals surface area contributed by atoms with E-state index in [2.05, 4.69) is 36.3 Å². The molecule has 2 N–H and O–H groups in total. The first-order chi connectivity index (χ1) is 8.39. The lowest BCUT2D eigenvalue weighted by Gasteiger charge is -2.30. The molecular weight excluding hydrogens is 250 g/mol. The summed E-state index contributed by atoms with van der Waals surface area (Å²) in [6.07, 6.45) is 1.90. The van der Waals surface area contributed by atoms with Crippen LogP contribution in [0.25, 0.3) is 0 Å². The summed E-state index contributed by atoms with van der Waals surface area (Å²) < 4.78 is 0. The number of anilines is 1.